The molecule has 0 heterocycles. The lowest BCUT2D eigenvalue weighted by atomic mass is 9.83. The van der Waals surface area contributed by atoms with Crippen LogP contribution in [-0.4, -0.2) is 43.5 Å². The second-order valence-electron chi connectivity index (χ2n) is 7.30. The topological polar surface area (TPSA) is 58.4 Å². The predicted molar refractivity (Wildman–Crippen MR) is 87.0 cm³/mol. The summed E-state index contributed by atoms with van der Waals surface area (Å²) in [6, 6.07) is 0.698. The van der Waals surface area contributed by atoms with Crippen molar-refractivity contribution in [3.05, 3.63) is 0 Å². The molecule has 0 radical (unpaired) electrons. The van der Waals surface area contributed by atoms with Gasteiger partial charge in [-0.15, -0.1) is 0 Å². The van der Waals surface area contributed by atoms with E-state index in [-0.39, 0.29) is 17.9 Å². The van der Waals surface area contributed by atoms with Gasteiger partial charge in [-0.2, -0.15) is 0 Å². The average molecular weight is 295 g/mol. The van der Waals surface area contributed by atoms with Gasteiger partial charge in [0.15, 0.2) is 0 Å². The Bertz CT molecular complexity index is 326. The summed E-state index contributed by atoms with van der Waals surface area (Å²) >= 11 is 0. The molecule has 1 amide bonds. The van der Waals surface area contributed by atoms with Crippen LogP contribution >= 0.6 is 0 Å². The Kier molecular flexibility index (Phi) is 6.49. The Morgan fingerprint density at radius 2 is 1.86 bits per heavy atom. The van der Waals surface area contributed by atoms with Gasteiger partial charge in [0, 0.05) is 24.5 Å². The second-order valence-corrected chi connectivity index (χ2v) is 7.30. The van der Waals surface area contributed by atoms with E-state index in [0.717, 1.165) is 38.1 Å². The van der Waals surface area contributed by atoms with Crippen molar-refractivity contribution in [1.82, 2.24) is 10.2 Å². The molecule has 122 valence electrons. The standard InChI is InChI=1S/C17H33N3O/c1-20(2)16(13-7-4-3-5-8-13)12-19-17(21)14-9-6-10-15(18)11-14/h13-16H,3-12,18H2,1-2H3,(H,19,21). The second kappa shape index (κ2) is 8.14. The molecule has 3 N–H and O–H groups in total. The van der Waals surface area contributed by atoms with Crippen LogP contribution in [0.15, 0.2) is 0 Å². The molecule has 0 saturated heterocycles. The number of nitrogens with zero attached hydrogens (tertiary/aromatic N) is 1. The summed E-state index contributed by atoms with van der Waals surface area (Å²) in [5.74, 6) is 1.11. The summed E-state index contributed by atoms with van der Waals surface area (Å²) in [5, 5.41) is 3.22. The van der Waals surface area contributed by atoms with Gasteiger partial charge in [0.2, 0.25) is 5.91 Å². The predicted octanol–water partition coefficient (Wildman–Crippen LogP) is 2.13. The van der Waals surface area contributed by atoms with E-state index in [4.69, 9.17) is 5.73 Å². The molecule has 4 nitrogen and oxygen atoms in total. The highest BCUT2D eigenvalue weighted by Crippen LogP contribution is 2.28. The summed E-state index contributed by atoms with van der Waals surface area (Å²) in [7, 11) is 4.28. The Morgan fingerprint density at radius 3 is 2.48 bits per heavy atom. The third-order valence-corrected chi connectivity index (χ3v) is 5.43. The molecule has 2 saturated carbocycles. The number of nitrogens with two attached hydrogens (primary N) is 1. The first-order valence-corrected chi connectivity index (χ1v) is 8.77. The van der Waals surface area contributed by atoms with E-state index in [1.807, 2.05) is 0 Å². The largest absolute Gasteiger partial charge is 0.354 e. The number of nitrogens with one attached hydrogen (secondary N) is 1. The molecule has 0 aromatic rings. The number of amides is 1. The third kappa shape index (κ3) is 4.96. The van der Waals surface area contributed by atoms with Crippen LogP contribution in [0.2, 0.25) is 0 Å². The number of carbonyl (C=O) groups excluding carboxylic acids is 1. The molecule has 2 aliphatic carbocycles. The first-order chi connectivity index (χ1) is 10.1. The van der Waals surface area contributed by atoms with Crippen molar-refractivity contribution in [1.29, 1.82) is 0 Å². The van der Waals surface area contributed by atoms with Crippen LogP contribution in [0.1, 0.15) is 57.8 Å². The molecule has 21 heavy (non-hydrogen) atoms. The van der Waals surface area contributed by atoms with Crippen LogP contribution in [0.5, 0.6) is 0 Å². The van der Waals surface area contributed by atoms with Crippen LogP contribution in [0.25, 0.3) is 0 Å². The number of likely N-dealkylation sites (N-methyl/N-ethyl adjacent to an activating group) is 1. The van der Waals surface area contributed by atoms with Gasteiger partial charge in [-0.05, 0) is 52.1 Å². The van der Waals surface area contributed by atoms with Gasteiger partial charge in [0.25, 0.3) is 0 Å². The number of hydrogen-bond donors (Lipinski definition) is 2. The van der Waals surface area contributed by atoms with E-state index < -0.39 is 0 Å². The maximum atomic E-state index is 12.4. The van der Waals surface area contributed by atoms with Gasteiger partial charge in [-0.3, -0.25) is 4.79 Å². The number of carbonyl (C=O) groups is 1. The maximum Gasteiger partial charge on any atom is 0.223 e. The first-order valence-electron chi connectivity index (χ1n) is 8.77. The van der Waals surface area contributed by atoms with Crippen LogP contribution in [0.4, 0.5) is 0 Å². The fourth-order valence-corrected chi connectivity index (χ4v) is 4.11. The Hall–Kier alpha value is -0.610. The Balaban J connectivity index is 1.81. The van der Waals surface area contributed by atoms with Crippen LogP contribution < -0.4 is 11.1 Å². The molecule has 2 rings (SSSR count). The van der Waals surface area contributed by atoms with Crippen molar-refractivity contribution < 1.29 is 4.79 Å². The fourth-order valence-electron chi connectivity index (χ4n) is 4.11. The van der Waals surface area contributed by atoms with Crippen molar-refractivity contribution in [2.45, 2.75) is 69.9 Å². The summed E-state index contributed by atoms with van der Waals surface area (Å²) in [4.78, 5) is 14.7. The molecular weight excluding hydrogens is 262 g/mol. The smallest absolute Gasteiger partial charge is 0.223 e. The molecule has 3 atom stereocenters. The monoisotopic (exact) mass is 295 g/mol. The lowest BCUT2D eigenvalue weighted by Crippen LogP contribution is -2.47. The number of rotatable bonds is 5. The van der Waals surface area contributed by atoms with E-state index in [2.05, 4.69) is 24.3 Å². The minimum atomic E-state index is 0.142. The quantitative estimate of drug-likeness (QED) is 0.817. The highest BCUT2D eigenvalue weighted by atomic mass is 16.1. The molecule has 2 aliphatic rings. The molecule has 0 bridgehead atoms. The molecule has 0 aromatic carbocycles. The van der Waals surface area contributed by atoms with E-state index in [1.165, 1.54) is 32.1 Å². The zero-order chi connectivity index (χ0) is 15.2. The molecule has 0 aromatic heterocycles. The molecule has 0 spiro atoms. The summed E-state index contributed by atoms with van der Waals surface area (Å²) in [6.07, 6.45) is 10.7. The molecular formula is C17H33N3O. The maximum absolute atomic E-state index is 12.4. The zero-order valence-corrected chi connectivity index (χ0v) is 13.8. The Morgan fingerprint density at radius 1 is 1.14 bits per heavy atom. The van der Waals surface area contributed by atoms with Crippen LogP contribution in [-0.2, 0) is 4.79 Å². The minimum Gasteiger partial charge on any atom is -0.354 e. The molecule has 2 fully saturated rings. The van der Waals surface area contributed by atoms with Gasteiger partial charge in [-0.25, -0.2) is 0 Å². The SMILES string of the molecule is CN(C)C(CNC(=O)C1CCCC(N)C1)C1CCCCC1. The first kappa shape index (κ1) is 16.8. The molecule has 0 aliphatic heterocycles. The van der Waals surface area contributed by atoms with E-state index >= 15 is 0 Å². The van der Waals surface area contributed by atoms with Crippen molar-refractivity contribution in [3.63, 3.8) is 0 Å². The summed E-state index contributed by atoms with van der Waals surface area (Å²) in [6.45, 7) is 0.794. The molecule has 4 heteroatoms. The molecule has 3 unspecified atom stereocenters. The van der Waals surface area contributed by atoms with Crippen molar-refractivity contribution in [2.24, 2.45) is 17.6 Å². The zero-order valence-electron chi connectivity index (χ0n) is 13.8. The Labute approximate surface area is 129 Å². The lowest BCUT2D eigenvalue weighted by Gasteiger charge is -2.35. The minimum absolute atomic E-state index is 0.142. The van der Waals surface area contributed by atoms with Gasteiger partial charge in [0.05, 0.1) is 0 Å². The van der Waals surface area contributed by atoms with Crippen molar-refractivity contribution in [2.75, 3.05) is 20.6 Å². The highest BCUT2D eigenvalue weighted by molar-refractivity contribution is 5.78. The van der Waals surface area contributed by atoms with Gasteiger partial charge in [0.1, 0.15) is 0 Å². The lowest BCUT2D eigenvalue weighted by molar-refractivity contribution is -0.126. The van der Waals surface area contributed by atoms with Gasteiger partial charge < -0.3 is 16.0 Å². The van der Waals surface area contributed by atoms with Crippen LogP contribution in [0.3, 0.4) is 0 Å². The summed E-state index contributed by atoms with van der Waals surface area (Å²) in [5.41, 5.74) is 6.00. The van der Waals surface area contributed by atoms with E-state index in [1.54, 1.807) is 0 Å². The average Bonchev–Trinajstić information content (AvgIpc) is 2.48. The van der Waals surface area contributed by atoms with E-state index in [0.29, 0.717) is 6.04 Å². The van der Waals surface area contributed by atoms with Gasteiger partial charge >= 0.3 is 0 Å². The van der Waals surface area contributed by atoms with Gasteiger partial charge in [-0.1, -0.05) is 25.7 Å². The van der Waals surface area contributed by atoms with E-state index in [9.17, 15) is 4.79 Å². The normalized spacial score (nSPS) is 29.3. The number of hydrogen-bond acceptors (Lipinski definition) is 3. The van der Waals surface area contributed by atoms with Crippen molar-refractivity contribution in [3.8, 4) is 0 Å². The van der Waals surface area contributed by atoms with Crippen LogP contribution in [0, 0.1) is 11.8 Å². The van der Waals surface area contributed by atoms with Crippen molar-refractivity contribution >= 4 is 5.91 Å². The third-order valence-electron chi connectivity index (χ3n) is 5.43. The fraction of sp³-hybridized carbons (Fsp3) is 0.941. The highest BCUT2D eigenvalue weighted by Gasteiger charge is 2.28. The summed E-state index contributed by atoms with van der Waals surface area (Å²) < 4.78 is 0.